The Hall–Kier alpha value is -1.89. The molecule has 0 bridgehead atoms. The van der Waals surface area contributed by atoms with E-state index in [4.69, 9.17) is 9.26 Å². The van der Waals surface area contributed by atoms with Crippen LogP contribution in [0.25, 0.3) is 0 Å². The van der Waals surface area contributed by atoms with Crippen LogP contribution < -0.4 is 5.32 Å². The number of carbonyl (C=O) groups is 2. The van der Waals surface area contributed by atoms with E-state index in [0.29, 0.717) is 37.4 Å². The average Bonchev–Trinajstić information content (AvgIpc) is 2.90. The predicted molar refractivity (Wildman–Crippen MR) is 72.7 cm³/mol. The Morgan fingerprint density at radius 2 is 2.19 bits per heavy atom. The average molecular weight is 293 g/mol. The van der Waals surface area contributed by atoms with E-state index in [1.165, 1.54) is 0 Å². The number of nitrogens with one attached hydrogen (secondary N) is 1. The highest BCUT2D eigenvalue weighted by molar-refractivity contribution is 5.92. The summed E-state index contributed by atoms with van der Waals surface area (Å²) in [7, 11) is 0. The van der Waals surface area contributed by atoms with Crippen molar-refractivity contribution in [2.75, 3.05) is 19.7 Å². The molecule has 3 rings (SSSR count). The first-order valence-corrected chi connectivity index (χ1v) is 7.16. The van der Waals surface area contributed by atoms with E-state index in [0.717, 1.165) is 0 Å². The second-order valence-electron chi connectivity index (χ2n) is 5.76. The topological polar surface area (TPSA) is 84.7 Å². The van der Waals surface area contributed by atoms with Gasteiger partial charge in [0.2, 0.25) is 5.91 Å². The number of aromatic nitrogens is 1. The van der Waals surface area contributed by atoms with Gasteiger partial charge in [-0.1, -0.05) is 5.16 Å². The van der Waals surface area contributed by atoms with Crippen LogP contribution in [0.15, 0.2) is 10.6 Å². The Kier molecular flexibility index (Phi) is 3.44. The highest BCUT2D eigenvalue weighted by Crippen LogP contribution is 2.32. The van der Waals surface area contributed by atoms with Crippen LogP contribution in [0.4, 0.5) is 0 Å². The van der Waals surface area contributed by atoms with E-state index in [-0.39, 0.29) is 30.1 Å². The van der Waals surface area contributed by atoms with E-state index in [2.05, 4.69) is 10.5 Å². The standard InChI is InChI=1S/C14H19N3O4/c1-9-7-11(16-21-9)13(19)17-5-3-14(4-6-17)10(2)15-12(18)8-20-14/h7,10H,3-6,8H2,1-2H3,(H,15,18)/t10-/m0/s1. The minimum atomic E-state index is -0.357. The molecule has 21 heavy (non-hydrogen) atoms. The maximum Gasteiger partial charge on any atom is 0.276 e. The van der Waals surface area contributed by atoms with Gasteiger partial charge in [-0.3, -0.25) is 9.59 Å². The van der Waals surface area contributed by atoms with Gasteiger partial charge in [-0.25, -0.2) is 0 Å². The zero-order valence-electron chi connectivity index (χ0n) is 12.2. The van der Waals surface area contributed by atoms with Crippen molar-refractivity contribution in [3.63, 3.8) is 0 Å². The highest BCUT2D eigenvalue weighted by atomic mass is 16.5. The maximum absolute atomic E-state index is 12.3. The van der Waals surface area contributed by atoms with Crippen LogP contribution in [-0.4, -0.2) is 53.2 Å². The highest BCUT2D eigenvalue weighted by Gasteiger charge is 2.45. The molecule has 0 aromatic carbocycles. The first-order chi connectivity index (χ1) is 10.00. The van der Waals surface area contributed by atoms with Crippen LogP contribution in [0.5, 0.6) is 0 Å². The number of ether oxygens (including phenoxy) is 1. The summed E-state index contributed by atoms with van der Waals surface area (Å²) in [5.41, 5.74) is -0.0147. The minimum absolute atomic E-state index is 0.0368. The van der Waals surface area contributed by atoms with Crippen LogP contribution in [0.1, 0.15) is 36.0 Å². The molecule has 2 saturated heterocycles. The summed E-state index contributed by atoms with van der Waals surface area (Å²) in [5, 5.41) is 6.69. The maximum atomic E-state index is 12.3. The number of hydrogen-bond donors (Lipinski definition) is 1. The lowest BCUT2D eigenvalue weighted by atomic mass is 9.83. The molecule has 2 amide bonds. The number of hydrogen-bond acceptors (Lipinski definition) is 5. The Labute approximate surface area is 122 Å². The molecular formula is C14H19N3O4. The van der Waals surface area contributed by atoms with Gasteiger partial charge in [0.1, 0.15) is 12.4 Å². The van der Waals surface area contributed by atoms with Crippen molar-refractivity contribution in [2.24, 2.45) is 0 Å². The molecule has 1 atom stereocenters. The first-order valence-electron chi connectivity index (χ1n) is 7.16. The third-order valence-corrected chi connectivity index (χ3v) is 4.40. The monoisotopic (exact) mass is 293 g/mol. The predicted octanol–water partition coefficient (Wildman–Crippen LogP) is 0.493. The fourth-order valence-corrected chi connectivity index (χ4v) is 3.04. The number of morpholine rings is 1. The summed E-state index contributed by atoms with van der Waals surface area (Å²) in [4.78, 5) is 25.4. The lowest BCUT2D eigenvalue weighted by Gasteiger charge is -2.47. The fourth-order valence-electron chi connectivity index (χ4n) is 3.04. The van der Waals surface area contributed by atoms with E-state index in [1.807, 2.05) is 6.92 Å². The molecule has 7 heteroatoms. The molecule has 114 valence electrons. The van der Waals surface area contributed by atoms with Gasteiger partial charge < -0.3 is 19.5 Å². The lowest BCUT2D eigenvalue weighted by molar-refractivity contribution is -0.158. The third-order valence-electron chi connectivity index (χ3n) is 4.40. The van der Waals surface area contributed by atoms with Crippen LogP contribution >= 0.6 is 0 Å². The smallest absolute Gasteiger partial charge is 0.276 e. The Morgan fingerprint density at radius 3 is 2.76 bits per heavy atom. The molecule has 0 aliphatic carbocycles. The van der Waals surface area contributed by atoms with E-state index >= 15 is 0 Å². The summed E-state index contributed by atoms with van der Waals surface area (Å²) in [5.74, 6) is 0.428. The van der Waals surface area contributed by atoms with Gasteiger partial charge in [-0.2, -0.15) is 0 Å². The van der Waals surface area contributed by atoms with Crippen molar-refractivity contribution in [1.82, 2.24) is 15.4 Å². The quantitative estimate of drug-likeness (QED) is 0.814. The van der Waals surface area contributed by atoms with Crippen molar-refractivity contribution in [2.45, 2.75) is 38.3 Å². The van der Waals surface area contributed by atoms with Crippen LogP contribution in [0.3, 0.4) is 0 Å². The summed E-state index contributed by atoms with van der Waals surface area (Å²) in [6.45, 7) is 4.99. The molecule has 1 spiro atoms. The first kappa shape index (κ1) is 14.1. The number of rotatable bonds is 1. The summed E-state index contributed by atoms with van der Waals surface area (Å²) < 4.78 is 10.7. The normalized spacial score (nSPS) is 25.0. The summed E-state index contributed by atoms with van der Waals surface area (Å²) >= 11 is 0. The summed E-state index contributed by atoms with van der Waals surface area (Å²) in [6, 6.07) is 1.61. The van der Waals surface area contributed by atoms with E-state index in [9.17, 15) is 9.59 Å². The van der Waals surface area contributed by atoms with E-state index < -0.39 is 0 Å². The molecule has 2 aliphatic heterocycles. The van der Waals surface area contributed by atoms with Gasteiger partial charge in [0.15, 0.2) is 5.69 Å². The van der Waals surface area contributed by atoms with Gasteiger partial charge in [0.05, 0.1) is 11.6 Å². The zero-order valence-corrected chi connectivity index (χ0v) is 12.2. The van der Waals surface area contributed by atoms with Gasteiger partial charge in [-0.15, -0.1) is 0 Å². The van der Waals surface area contributed by atoms with Gasteiger partial charge in [-0.05, 0) is 26.7 Å². The number of piperidine rings is 1. The Balaban J connectivity index is 1.65. The van der Waals surface area contributed by atoms with Crippen molar-refractivity contribution in [3.8, 4) is 0 Å². The van der Waals surface area contributed by atoms with Gasteiger partial charge >= 0.3 is 0 Å². The SMILES string of the molecule is Cc1cc(C(=O)N2CCC3(CC2)OCC(=O)N[C@H]3C)no1. The number of likely N-dealkylation sites (tertiary alicyclic amines) is 1. The Morgan fingerprint density at radius 1 is 1.48 bits per heavy atom. The van der Waals surface area contributed by atoms with Gasteiger partial charge in [0.25, 0.3) is 5.91 Å². The molecule has 2 aliphatic rings. The lowest BCUT2D eigenvalue weighted by Crippen LogP contribution is -2.63. The number of aryl methyl sites for hydroxylation is 1. The molecule has 0 saturated carbocycles. The van der Waals surface area contributed by atoms with Crippen molar-refractivity contribution < 1.29 is 18.8 Å². The molecule has 0 unspecified atom stereocenters. The number of nitrogens with zero attached hydrogens (tertiary/aromatic N) is 2. The fraction of sp³-hybridized carbons (Fsp3) is 0.643. The summed E-state index contributed by atoms with van der Waals surface area (Å²) in [6.07, 6.45) is 1.41. The van der Waals surface area contributed by atoms with Crippen LogP contribution in [0, 0.1) is 6.92 Å². The molecule has 1 aromatic heterocycles. The molecule has 2 fully saturated rings. The van der Waals surface area contributed by atoms with E-state index in [1.54, 1.807) is 17.9 Å². The third kappa shape index (κ3) is 2.53. The number of carbonyl (C=O) groups excluding carboxylic acids is 2. The minimum Gasteiger partial charge on any atom is -0.363 e. The van der Waals surface area contributed by atoms with Gasteiger partial charge in [0, 0.05) is 19.2 Å². The second-order valence-corrected chi connectivity index (χ2v) is 5.76. The molecule has 1 N–H and O–H groups in total. The Bertz CT molecular complexity index is 560. The zero-order chi connectivity index (χ0) is 15.0. The van der Waals surface area contributed by atoms with Crippen LogP contribution in [0.2, 0.25) is 0 Å². The van der Waals surface area contributed by atoms with Crippen molar-refractivity contribution >= 4 is 11.8 Å². The van der Waals surface area contributed by atoms with Crippen molar-refractivity contribution in [1.29, 1.82) is 0 Å². The molecule has 3 heterocycles. The molecule has 0 radical (unpaired) electrons. The number of amides is 2. The second kappa shape index (κ2) is 5.14. The molecule has 7 nitrogen and oxygen atoms in total. The molecule has 1 aromatic rings. The largest absolute Gasteiger partial charge is 0.363 e. The van der Waals surface area contributed by atoms with Crippen molar-refractivity contribution in [3.05, 3.63) is 17.5 Å². The molecular weight excluding hydrogens is 274 g/mol. The van der Waals surface area contributed by atoms with Crippen LogP contribution in [-0.2, 0) is 9.53 Å².